The van der Waals surface area contributed by atoms with Gasteiger partial charge in [0, 0.05) is 121 Å². The molecule has 0 fully saturated rings. The van der Waals surface area contributed by atoms with Gasteiger partial charge in [-0.1, -0.05) is 252 Å². The number of rotatable bonds is 6. The fourth-order valence-corrected chi connectivity index (χ4v) is 19.1. The number of hydrogen-bond donors (Lipinski definition) is 4. The van der Waals surface area contributed by atoms with Gasteiger partial charge >= 0.3 is 7.12 Å². The van der Waals surface area contributed by atoms with Crippen molar-refractivity contribution < 1.29 is 10.0 Å². The van der Waals surface area contributed by atoms with E-state index >= 15 is 0 Å². The zero-order chi connectivity index (χ0) is 89.5. The number of nitrogens with zero attached hydrogens (tertiary/aromatic N) is 18. The molecule has 4 N–H and O–H groups in total. The molecule has 0 aliphatic carbocycles. The van der Waals surface area contributed by atoms with Crippen molar-refractivity contribution in [1.29, 1.82) is 0 Å². The normalized spacial score (nSPS) is 12.8. The van der Waals surface area contributed by atoms with Crippen LogP contribution in [-0.2, 0) is 10.8 Å². The van der Waals surface area contributed by atoms with E-state index in [0.29, 0.717) is 79.1 Å². The van der Waals surface area contributed by atoms with Crippen LogP contribution in [0.2, 0.25) is 10.6 Å². The lowest BCUT2D eigenvalue weighted by atomic mass is 9.73. The van der Waals surface area contributed by atoms with Crippen molar-refractivity contribution in [3.63, 3.8) is 0 Å². The Bertz CT molecular complexity index is 8770. The average molecular weight is 1870 g/mol. The number of nitrogens with one attached hydrogen (secondary N) is 2. The van der Waals surface area contributed by atoms with Crippen LogP contribution in [0.3, 0.4) is 0 Å². The third-order valence-electron chi connectivity index (χ3n) is 24.5. The quantitative estimate of drug-likeness (QED) is 0.0521. The molecule has 12 heterocycles. The summed E-state index contributed by atoms with van der Waals surface area (Å²) in [5.41, 5.74) is 23.3. The van der Waals surface area contributed by atoms with Gasteiger partial charge in [0.15, 0.2) is 22.6 Å². The van der Waals surface area contributed by atoms with Gasteiger partial charge in [-0.05, 0) is 183 Å². The van der Waals surface area contributed by atoms with Gasteiger partial charge in [0.05, 0.1) is 22.4 Å². The van der Waals surface area contributed by atoms with E-state index in [2.05, 4.69) is 318 Å². The smallest absolute Gasteiger partial charge is 0.423 e. The standard InChI is InChI=1S/C53H34N10.C21H18N2.C16H9ClN4.C10H9BO2.C6H2ClIN4/c1-53(2)39-16-8-10-18-42(39)63(52-59-46(48-50(61-52)57-26-24-55-48)36-22-20-32-12-4-6-14-34(32)28-36)44-30-43-38(29-40(44)53)37-15-7-9-17-41(37)62(43)51-58-45(47-49(60-51)56-25-23-54-47)35-21-19-31-11-3-5-13-33(31)27-35;1-21(2)15-8-4-6-10-18(15)23-20-12-19-14(11-16(20)21)13-7-3-5-9-17(13)22-19;17-16-20-13(14-15(21-16)19-8-7-18-14)12-6-5-10-3-1-2-4-11(10)9-12;12-11(13)10-6-5-8-3-1-2-4-9(8)7-10;7-6-11-4(8)3-5(12-6)10-2-1-9-3/h3-30H,1-2H3;3-12,22-23H,1-2H3;1-9H;1-7,12-13H;1-2H. The van der Waals surface area contributed by atoms with Crippen molar-refractivity contribution in [2.75, 3.05) is 10.2 Å². The number of aromatic amines is 1. The van der Waals surface area contributed by atoms with E-state index in [-0.39, 0.29) is 16.0 Å². The Morgan fingerprint density at radius 2 is 0.758 bits per heavy atom. The van der Waals surface area contributed by atoms with Gasteiger partial charge in [-0.2, -0.15) is 19.9 Å². The highest BCUT2D eigenvalue weighted by Crippen LogP contribution is 2.54. The molecule has 0 radical (unpaired) electrons. The van der Waals surface area contributed by atoms with Crippen LogP contribution in [0, 0.1) is 3.70 Å². The molecule has 10 aromatic heterocycles. The zero-order valence-corrected chi connectivity index (χ0v) is 74.7. The number of hydrogen-bond acceptors (Lipinski definition) is 20. The number of para-hydroxylation sites is 4. The Morgan fingerprint density at radius 3 is 1.35 bits per heavy atom. The minimum atomic E-state index is -1.38. The van der Waals surface area contributed by atoms with Crippen molar-refractivity contribution in [2.24, 2.45) is 0 Å². The summed E-state index contributed by atoms with van der Waals surface area (Å²) in [5.74, 6) is 0.989. The van der Waals surface area contributed by atoms with Crippen LogP contribution in [-0.4, -0.2) is 106 Å². The molecule has 2 aliphatic rings. The fourth-order valence-electron chi connectivity index (χ4n) is 18.1. The Labute approximate surface area is 777 Å². The van der Waals surface area contributed by atoms with Gasteiger partial charge in [0.1, 0.15) is 42.8 Å². The van der Waals surface area contributed by atoms with E-state index in [1.807, 2.05) is 71.1 Å². The van der Waals surface area contributed by atoms with Gasteiger partial charge in [-0.3, -0.25) is 9.47 Å². The molecule has 0 saturated carbocycles. The van der Waals surface area contributed by atoms with Crippen LogP contribution in [0.15, 0.2) is 341 Å². The number of halogens is 3. The van der Waals surface area contributed by atoms with Crippen molar-refractivity contribution in [3.8, 4) is 39.7 Å². The SMILES string of the molecule is CC1(C)c2ccccc2N(c2nc(-c3ccc4ccccc4c3)c3nccnc3n2)c2cc3c(cc21)c1ccccc1n3-c1nc(-c2ccc3ccccc3c2)c2nccnc2n1.CC1(C)c2ccccc2Nc2cc3[nH]c4ccccc4c3cc21.Clc1nc(-c2ccc3ccccc3c2)c2nccnc2n1.Clc1nc(I)c2nccnc2n1.OB(O)c1ccc2ccccc2c1. The molecule has 26 rings (SSSR count). The third kappa shape index (κ3) is 15.0. The van der Waals surface area contributed by atoms with E-state index in [9.17, 15) is 0 Å². The first-order chi connectivity index (χ1) is 64.5. The first-order valence-corrected chi connectivity index (χ1v) is 44.4. The highest BCUT2D eigenvalue weighted by Gasteiger charge is 2.40. The van der Waals surface area contributed by atoms with E-state index < -0.39 is 12.5 Å². The largest absolute Gasteiger partial charge is 0.488 e. The van der Waals surface area contributed by atoms with Gasteiger partial charge in [-0.25, -0.2) is 59.8 Å². The first kappa shape index (κ1) is 82.0. The molecule has 0 spiro atoms. The number of benzene rings is 14. The maximum atomic E-state index is 8.94. The molecular formula is C106H72BCl2IN20O2. The van der Waals surface area contributed by atoms with Crippen LogP contribution in [0.25, 0.3) is 171 Å². The van der Waals surface area contributed by atoms with Crippen LogP contribution in [0.5, 0.6) is 0 Å². The van der Waals surface area contributed by atoms with Crippen LogP contribution in [0.1, 0.15) is 49.9 Å². The second-order valence-electron chi connectivity index (χ2n) is 33.1. The topological polar surface area (TPSA) is 283 Å². The van der Waals surface area contributed by atoms with Crippen LogP contribution < -0.4 is 15.7 Å². The molecule has 22 nitrogen and oxygen atoms in total. The highest BCUT2D eigenvalue weighted by molar-refractivity contribution is 14.1. The minimum Gasteiger partial charge on any atom is -0.423 e. The number of fused-ring (bicyclic) bond motifs is 18. The molecule has 0 amide bonds. The first-order valence-electron chi connectivity index (χ1n) is 42.6. The summed E-state index contributed by atoms with van der Waals surface area (Å²) in [4.78, 5) is 78.8. The maximum Gasteiger partial charge on any atom is 0.488 e. The lowest BCUT2D eigenvalue weighted by Gasteiger charge is -2.41. The molecule has 632 valence electrons. The van der Waals surface area contributed by atoms with Gasteiger partial charge in [0.2, 0.25) is 22.5 Å². The monoisotopic (exact) mass is 1860 g/mol. The molecule has 0 unspecified atom stereocenters. The highest BCUT2D eigenvalue weighted by atomic mass is 127. The van der Waals surface area contributed by atoms with Crippen LogP contribution >= 0.6 is 45.8 Å². The van der Waals surface area contributed by atoms with E-state index in [0.717, 1.165) is 102 Å². The average Bonchev–Trinajstić information content (AvgIpc) is 1.54. The molecule has 26 heteroatoms. The summed E-state index contributed by atoms with van der Waals surface area (Å²) >= 11 is 13.7. The molecule has 14 aromatic carbocycles. The molecule has 132 heavy (non-hydrogen) atoms. The Hall–Kier alpha value is -15.7. The Morgan fingerprint density at radius 1 is 0.318 bits per heavy atom. The van der Waals surface area contributed by atoms with E-state index in [1.54, 1.807) is 61.7 Å². The van der Waals surface area contributed by atoms with Crippen molar-refractivity contribution in [3.05, 3.63) is 377 Å². The maximum absolute atomic E-state index is 8.94. The number of anilines is 5. The molecule has 2 aliphatic heterocycles. The van der Waals surface area contributed by atoms with Crippen molar-refractivity contribution in [2.45, 2.75) is 38.5 Å². The Kier molecular flexibility index (Phi) is 21.0. The predicted molar refractivity (Wildman–Crippen MR) is 538 cm³/mol. The lowest BCUT2D eigenvalue weighted by Crippen LogP contribution is -2.31. The van der Waals surface area contributed by atoms with Gasteiger partial charge < -0.3 is 20.3 Å². The molecule has 24 aromatic rings. The van der Waals surface area contributed by atoms with Crippen LogP contribution in [0.4, 0.5) is 28.7 Å². The lowest BCUT2D eigenvalue weighted by molar-refractivity contribution is 0.426. The summed E-state index contributed by atoms with van der Waals surface area (Å²) in [6, 6.07) is 100. The Balaban J connectivity index is 0.000000118. The summed E-state index contributed by atoms with van der Waals surface area (Å²) < 4.78 is 2.87. The second-order valence-corrected chi connectivity index (χ2v) is 34.8. The van der Waals surface area contributed by atoms with E-state index in [1.165, 1.54) is 49.7 Å². The zero-order valence-electron chi connectivity index (χ0n) is 71.0. The van der Waals surface area contributed by atoms with Gasteiger partial charge in [-0.15, -0.1) is 0 Å². The number of H-pyrrole nitrogens is 1. The summed E-state index contributed by atoms with van der Waals surface area (Å²) in [5, 5.41) is 35.6. The van der Waals surface area contributed by atoms with Gasteiger partial charge in [0.25, 0.3) is 0 Å². The fraction of sp³-hybridized carbons (Fsp3) is 0.0566. The summed E-state index contributed by atoms with van der Waals surface area (Å²) in [7, 11) is -1.38. The third-order valence-corrected chi connectivity index (χ3v) is 25.6. The minimum absolute atomic E-state index is 0.0102. The molecule has 0 bridgehead atoms. The predicted octanol–water partition coefficient (Wildman–Crippen LogP) is 23.8. The molecule has 0 saturated heterocycles. The van der Waals surface area contributed by atoms with Crippen molar-refractivity contribution in [1.82, 2.24) is 89.3 Å². The van der Waals surface area contributed by atoms with Crippen molar-refractivity contribution >= 4 is 218 Å². The summed E-state index contributed by atoms with van der Waals surface area (Å²) in [6.45, 7) is 9.21. The molecule has 0 atom stereocenters. The van der Waals surface area contributed by atoms with E-state index in [4.69, 9.17) is 73.1 Å². The second kappa shape index (κ2) is 33.7. The summed E-state index contributed by atoms with van der Waals surface area (Å²) in [6.07, 6.45) is 13.2. The number of aromatic nitrogens is 18. The molecular weight excluding hydrogens is 1790 g/mol.